The molecular weight excluding hydrogens is 320 g/mol. The second-order valence-corrected chi connectivity index (χ2v) is 5.21. The predicted octanol–water partition coefficient (Wildman–Crippen LogP) is 3.26. The van der Waals surface area contributed by atoms with Crippen LogP contribution in [0, 0.1) is 10.1 Å². The van der Waals surface area contributed by atoms with Crippen molar-refractivity contribution in [3.63, 3.8) is 0 Å². The summed E-state index contributed by atoms with van der Waals surface area (Å²) in [5.41, 5.74) is -0.0238. The van der Waals surface area contributed by atoms with Crippen LogP contribution in [0.2, 0.25) is 5.02 Å². The van der Waals surface area contributed by atoms with Crippen LogP contribution in [-0.2, 0) is 0 Å². The van der Waals surface area contributed by atoms with Gasteiger partial charge in [0.1, 0.15) is 0 Å². The Morgan fingerprint density at radius 1 is 1.33 bits per heavy atom. The number of aromatic carboxylic acids is 1. The number of rotatable bonds is 4. The first-order valence-electron chi connectivity index (χ1n) is 5.45. The van der Waals surface area contributed by atoms with Gasteiger partial charge in [-0.05, 0) is 18.2 Å². The minimum absolute atomic E-state index is 0.0609. The second-order valence-electron chi connectivity index (χ2n) is 3.88. The van der Waals surface area contributed by atoms with Gasteiger partial charge in [-0.25, -0.2) is 4.79 Å². The Balaban J connectivity index is 2.27. The van der Waals surface area contributed by atoms with Gasteiger partial charge in [-0.15, -0.1) is 0 Å². The van der Waals surface area contributed by atoms with Crippen LogP contribution in [0.4, 0.5) is 10.7 Å². The Morgan fingerprint density at radius 2 is 2.05 bits per heavy atom. The lowest BCUT2D eigenvalue weighted by Gasteiger charge is -2.07. The lowest BCUT2D eigenvalue weighted by Crippen LogP contribution is -2.14. The van der Waals surface area contributed by atoms with E-state index in [1.807, 2.05) is 0 Å². The van der Waals surface area contributed by atoms with E-state index in [9.17, 15) is 19.7 Å². The molecule has 21 heavy (non-hydrogen) atoms. The van der Waals surface area contributed by atoms with Crippen molar-refractivity contribution in [3.05, 3.63) is 55.9 Å². The second kappa shape index (κ2) is 5.90. The molecule has 0 radical (unpaired) electrons. The highest BCUT2D eigenvalue weighted by Gasteiger charge is 2.18. The van der Waals surface area contributed by atoms with Gasteiger partial charge in [0.25, 0.3) is 5.91 Å². The molecule has 0 spiro atoms. The quantitative estimate of drug-likeness (QED) is 0.662. The number of amides is 1. The average molecular weight is 327 g/mol. The summed E-state index contributed by atoms with van der Waals surface area (Å²) in [5.74, 6) is -1.88. The first-order valence-corrected chi connectivity index (χ1v) is 6.71. The average Bonchev–Trinajstić information content (AvgIpc) is 2.90. The fourth-order valence-electron chi connectivity index (χ4n) is 1.54. The van der Waals surface area contributed by atoms with Gasteiger partial charge in [0.2, 0.25) is 0 Å². The third kappa shape index (κ3) is 3.36. The van der Waals surface area contributed by atoms with Crippen molar-refractivity contribution in [2.75, 3.05) is 5.32 Å². The van der Waals surface area contributed by atoms with Gasteiger partial charge in [-0.1, -0.05) is 22.9 Å². The molecule has 0 saturated heterocycles. The van der Waals surface area contributed by atoms with Crippen LogP contribution >= 0.6 is 22.9 Å². The lowest BCUT2D eigenvalue weighted by atomic mass is 10.1. The maximum absolute atomic E-state index is 12.0. The van der Waals surface area contributed by atoms with E-state index in [0.717, 1.165) is 17.4 Å². The molecule has 2 N–H and O–H groups in total. The van der Waals surface area contributed by atoms with Crippen LogP contribution < -0.4 is 5.32 Å². The van der Waals surface area contributed by atoms with Crippen LogP contribution in [-0.4, -0.2) is 21.9 Å². The minimum atomic E-state index is -1.25. The Labute approximate surface area is 126 Å². The summed E-state index contributed by atoms with van der Waals surface area (Å²) >= 11 is 6.52. The standard InChI is InChI=1S/C12H7ClN2O5S/c13-7-1-2-9(8(4-7)12(17)18)14-11(16)6-3-10(15(19)20)21-5-6/h1-5H,(H,14,16)(H,17,18). The van der Waals surface area contributed by atoms with E-state index >= 15 is 0 Å². The van der Waals surface area contributed by atoms with E-state index in [0.29, 0.717) is 0 Å². The number of carbonyl (C=O) groups is 2. The zero-order chi connectivity index (χ0) is 15.6. The monoisotopic (exact) mass is 326 g/mol. The molecule has 0 aliphatic rings. The third-order valence-electron chi connectivity index (χ3n) is 2.49. The first-order chi connectivity index (χ1) is 9.88. The number of carbonyl (C=O) groups excluding carboxylic acids is 1. The summed E-state index contributed by atoms with van der Waals surface area (Å²) in [6, 6.07) is 5.11. The van der Waals surface area contributed by atoms with Crippen molar-refractivity contribution in [2.24, 2.45) is 0 Å². The zero-order valence-electron chi connectivity index (χ0n) is 10.2. The Morgan fingerprint density at radius 3 is 2.62 bits per heavy atom. The van der Waals surface area contributed by atoms with E-state index in [-0.39, 0.29) is 26.8 Å². The summed E-state index contributed by atoms with van der Waals surface area (Å²) in [6.45, 7) is 0. The number of nitrogens with zero attached hydrogens (tertiary/aromatic N) is 1. The number of hydrogen-bond acceptors (Lipinski definition) is 5. The molecule has 7 nitrogen and oxygen atoms in total. The summed E-state index contributed by atoms with van der Waals surface area (Å²) in [7, 11) is 0. The molecular formula is C12H7ClN2O5S. The summed E-state index contributed by atoms with van der Waals surface area (Å²) in [4.78, 5) is 33.0. The number of benzene rings is 1. The third-order valence-corrected chi connectivity index (χ3v) is 3.60. The maximum Gasteiger partial charge on any atom is 0.337 e. The molecule has 0 aliphatic heterocycles. The highest BCUT2D eigenvalue weighted by molar-refractivity contribution is 7.13. The lowest BCUT2D eigenvalue weighted by molar-refractivity contribution is -0.380. The number of nitrogens with one attached hydrogen (secondary N) is 1. The number of carboxylic acid groups (broad SMARTS) is 1. The SMILES string of the molecule is O=C(Nc1ccc(Cl)cc1C(=O)O)c1csc([N+](=O)[O-])c1. The van der Waals surface area contributed by atoms with E-state index in [4.69, 9.17) is 16.7 Å². The molecule has 108 valence electrons. The molecule has 1 heterocycles. The number of hydrogen-bond donors (Lipinski definition) is 2. The van der Waals surface area contributed by atoms with Gasteiger partial charge in [-0.3, -0.25) is 14.9 Å². The van der Waals surface area contributed by atoms with Crippen LogP contribution in [0.25, 0.3) is 0 Å². The minimum Gasteiger partial charge on any atom is -0.478 e. The van der Waals surface area contributed by atoms with Crippen molar-refractivity contribution in [2.45, 2.75) is 0 Å². The number of halogens is 1. The van der Waals surface area contributed by atoms with Crippen molar-refractivity contribution in [3.8, 4) is 0 Å². The number of nitro groups is 1. The van der Waals surface area contributed by atoms with Crippen LogP contribution in [0.5, 0.6) is 0 Å². The van der Waals surface area contributed by atoms with E-state index < -0.39 is 16.8 Å². The molecule has 1 aromatic carbocycles. The number of anilines is 1. The van der Waals surface area contributed by atoms with Crippen molar-refractivity contribution in [1.29, 1.82) is 0 Å². The molecule has 0 saturated carbocycles. The molecule has 0 bridgehead atoms. The van der Waals surface area contributed by atoms with Gasteiger partial charge in [0.05, 0.1) is 21.7 Å². The molecule has 0 aliphatic carbocycles. The number of thiophene rings is 1. The molecule has 0 fully saturated rings. The van der Waals surface area contributed by atoms with Crippen LogP contribution in [0.15, 0.2) is 29.6 Å². The van der Waals surface area contributed by atoms with Gasteiger partial charge in [-0.2, -0.15) is 0 Å². The maximum atomic E-state index is 12.0. The first kappa shape index (κ1) is 14.9. The highest BCUT2D eigenvalue weighted by Crippen LogP contribution is 2.25. The molecule has 9 heteroatoms. The molecule has 0 atom stereocenters. The molecule has 2 rings (SSSR count). The largest absolute Gasteiger partial charge is 0.478 e. The van der Waals surface area contributed by atoms with Gasteiger partial charge in [0, 0.05) is 16.5 Å². The van der Waals surface area contributed by atoms with Gasteiger partial charge in [0.15, 0.2) is 0 Å². The highest BCUT2D eigenvalue weighted by atomic mass is 35.5. The summed E-state index contributed by atoms with van der Waals surface area (Å²) in [6.07, 6.45) is 0. The zero-order valence-corrected chi connectivity index (χ0v) is 11.8. The Hall–Kier alpha value is -2.45. The summed E-state index contributed by atoms with van der Waals surface area (Å²) < 4.78 is 0. The topological polar surface area (TPSA) is 110 Å². The van der Waals surface area contributed by atoms with E-state index in [2.05, 4.69) is 5.32 Å². The van der Waals surface area contributed by atoms with Crippen molar-refractivity contribution in [1.82, 2.24) is 0 Å². The molecule has 0 unspecified atom stereocenters. The fraction of sp³-hybridized carbons (Fsp3) is 0. The van der Waals surface area contributed by atoms with Crippen molar-refractivity contribution < 1.29 is 19.6 Å². The van der Waals surface area contributed by atoms with Gasteiger partial charge < -0.3 is 10.4 Å². The van der Waals surface area contributed by atoms with Crippen molar-refractivity contribution >= 4 is 45.5 Å². The fourth-order valence-corrected chi connectivity index (χ4v) is 2.41. The normalized spacial score (nSPS) is 10.1. The summed E-state index contributed by atoms with van der Waals surface area (Å²) in [5, 5.41) is 23.4. The molecule has 2 aromatic rings. The van der Waals surface area contributed by atoms with E-state index in [1.54, 1.807) is 0 Å². The van der Waals surface area contributed by atoms with Gasteiger partial charge >= 0.3 is 11.0 Å². The van der Waals surface area contributed by atoms with Crippen LogP contribution in [0.3, 0.4) is 0 Å². The van der Waals surface area contributed by atoms with E-state index in [1.165, 1.54) is 23.6 Å². The smallest absolute Gasteiger partial charge is 0.337 e. The Kier molecular flexibility index (Phi) is 4.20. The molecule has 1 amide bonds. The predicted molar refractivity (Wildman–Crippen MR) is 77.3 cm³/mol. The Bertz CT molecular complexity index is 743. The van der Waals surface area contributed by atoms with Crippen LogP contribution in [0.1, 0.15) is 20.7 Å². The number of carboxylic acids is 1. The molecule has 1 aromatic heterocycles.